The number of piperazine rings is 1. The number of anilines is 1. The smallest absolute Gasteiger partial charge is 0.337 e. The van der Waals surface area contributed by atoms with Gasteiger partial charge in [-0.1, -0.05) is 42.5 Å². The van der Waals surface area contributed by atoms with Crippen LogP contribution in [0.25, 0.3) is 21.7 Å². The Morgan fingerprint density at radius 3 is 2.56 bits per heavy atom. The lowest BCUT2D eigenvalue weighted by molar-refractivity contribution is 0.0949. The van der Waals surface area contributed by atoms with E-state index in [2.05, 4.69) is 32.2 Å². The molecular weight excluding hydrogens is 404 g/mol. The van der Waals surface area contributed by atoms with Crippen LogP contribution in [-0.2, 0) is 0 Å². The number of para-hydroxylation sites is 1. The van der Waals surface area contributed by atoms with Crippen molar-refractivity contribution < 1.29 is 9.21 Å². The summed E-state index contributed by atoms with van der Waals surface area (Å²) in [4.78, 5) is 33.8. The Morgan fingerprint density at radius 2 is 1.72 bits per heavy atom. The molecule has 0 saturated carbocycles. The zero-order chi connectivity index (χ0) is 21.9. The zero-order valence-corrected chi connectivity index (χ0v) is 17.7. The molecule has 0 aliphatic carbocycles. The van der Waals surface area contributed by atoms with Gasteiger partial charge >= 0.3 is 5.63 Å². The maximum atomic E-state index is 12.7. The highest BCUT2D eigenvalue weighted by atomic mass is 16.4. The second kappa shape index (κ2) is 8.80. The minimum absolute atomic E-state index is 0.257. The number of rotatable bonds is 5. The maximum Gasteiger partial charge on any atom is 0.337 e. The summed E-state index contributed by atoms with van der Waals surface area (Å²) in [6.07, 6.45) is 1.87. The van der Waals surface area contributed by atoms with Crippen molar-refractivity contribution in [3.63, 3.8) is 0 Å². The summed E-state index contributed by atoms with van der Waals surface area (Å²) in [5, 5.41) is 5.96. The van der Waals surface area contributed by atoms with Crippen LogP contribution in [0.5, 0.6) is 0 Å². The molecule has 1 saturated heterocycles. The largest absolute Gasteiger partial charge is 0.423 e. The fourth-order valence-electron chi connectivity index (χ4n) is 4.26. The Balaban J connectivity index is 1.17. The number of nitrogens with one attached hydrogen (secondary N) is 1. The third-order valence-corrected chi connectivity index (χ3v) is 5.93. The molecule has 0 atom stereocenters. The average Bonchev–Trinajstić information content (AvgIpc) is 2.83. The van der Waals surface area contributed by atoms with Crippen molar-refractivity contribution in [3.8, 4) is 0 Å². The Bertz CT molecular complexity index is 1320. The third-order valence-electron chi connectivity index (χ3n) is 5.93. The standard InChI is InChI=1S/C25H24N4O3/c30-23-17-21(20-7-3-4-8-22(20)32-23)25(31)27-11-12-28-13-15-29(16-14-28)24-19-6-2-1-5-18(19)9-10-26-24/h1-10,17H,11-16H2,(H,27,31). The Labute approximate surface area is 185 Å². The van der Waals surface area contributed by atoms with Gasteiger partial charge in [0.15, 0.2) is 0 Å². The van der Waals surface area contributed by atoms with Crippen molar-refractivity contribution in [2.24, 2.45) is 0 Å². The van der Waals surface area contributed by atoms with E-state index in [1.54, 1.807) is 18.2 Å². The van der Waals surface area contributed by atoms with Gasteiger partial charge in [0.05, 0.1) is 5.56 Å². The van der Waals surface area contributed by atoms with Crippen LogP contribution in [-0.4, -0.2) is 55.1 Å². The minimum Gasteiger partial charge on any atom is -0.423 e. The Morgan fingerprint density at radius 1 is 0.969 bits per heavy atom. The lowest BCUT2D eigenvalue weighted by atomic mass is 10.1. The van der Waals surface area contributed by atoms with Crippen molar-refractivity contribution in [3.05, 3.63) is 82.8 Å². The first-order valence-electron chi connectivity index (χ1n) is 10.8. The van der Waals surface area contributed by atoms with Crippen LogP contribution >= 0.6 is 0 Å². The summed E-state index contributed by atoms with van der Waals surface area (Å²) in [5.41, 5.74) is 0.249. The van der Waals surface area contributed by atoms with E-state index in [1.165, 1.54) is 16.8 Å². The van der Waals surface area contributed by atoms with Gasteiger partial charge in [-0.3, -0.25) is 9.69 Å². The monoisotopic (exact) mass is 428 g/mol. The molecule has 0 unspecified atom stereocenters. The van der Waals surface area contributed by atoms with Crippen molar-refractivity contribution in [2.75, 3.05) is 44.2 Å². The molecule has 1 aliphatic rings. The van der Waals surface area contributed by atoms with Gasteiger partial charge in [0, 0.05) is 62.3 Å². The number of hydrogen-bond donors (Lipinski definition) is 1. The number of amides is 1. The predicted octanol–water partition coefficient (Wildman–Crippen LogP) is 2.89. The molecule has 0 radical (unpaired) electrons. The van der Waals surface area contributed by atoms with E-state index in [-0.39, 0.29) is 5.91 Å². The zero-order valence-electron chi connectivity index (χ0n) is 17.7. The number of nitrogens with zero attached hydrogens (tertiary/aromatic N) is 3. The first-order chi connectivity index (χ1) is 15.7. The lowest BCUT2D eigenvalue weighted by Gasteiger charge is -2.35. The van der Waals surface area contributed by atoms with E-state index in [0.717, 1.165) is 38.5 Å². The van der Waals surface area contributed by atoms with Crippen LogP contribution in [0, 0.1) is 0 Å². The van der Waals surface area contributed by atoms with Gasteiger partial charge in [-0.25, -0.2) is 9.78 Å². The van der Waals surface area contributed by atoms with Crippen LogP contribution < -0.4 is 15.8 Å². The van der Waals surface area contributed by atoms with Crippen LogP contribution in [0.3, 0.4) is 0 Å². The van der Waals surface area contributed by atoms with Gasteiger partial charge < -0.3 is 14.6 Å². The van der Waals surface area contributed by atoms with E-state index >= 15 is 0 Å². The van der Waals surface area contributed by atoms with E-state index in [1.807, 2.05) is 30.5 Å². The summed E-state index contributed by atoms with van der Waals surface area (Å²) in [7, 11) is 0. The van der Waals surface area contributed by atoms with Gasteiger partial charge in [-0.2, -0.15) is 0 Å². The number of benzene rings is 2. The van der Waals surface area contributed by atoms with Crippen molar-refractivity contribution in [1.29, 1.82) is 0 Å². The van der Waals surface area contributed by atoms with E-state index in [9.17, 15) is 9.59 Å². The molecule has 32 heavy (non-hydrogen) atoms. The van der Waals surface area contributed by atoms with Gasteiger partial charge in [0.2, 0.25) is 0 Å². The van der Waals surface area contributed by atoms with E-state index in [0.29, 0.717) is 23.1 Å². The van der Waals surface area contributed by atoms with Crippen LogP contribution in [0.1, 0.15) is 10.4 Å². The molecule has 0 spiro atoms. The molecule has 4 aromatic rings. The Kier molecular flexibility index (Phi) is 5.56. The molecule has 7 nitrogen and oxygen atoms in total. The maximum absolute atomic E-state index is 12.7. The summed E-state index contributed by atoms with van der Waals surface area (Å²) < 4.78 is 5.17. The first kappa shape index (κ1) is 20.2. The molecular formula is C25H24N4O3. The minimum atomic E-state index is -0.521. The second-order valence-electron chi connectivity index (χ2n) is 7.92. The number of fused-ring (bicyclic) bond motifs is 2. The molecule has 5 rings (SSSR count). The van der Waals surface area contributed by atoms with Gasteiger partial charge in [0.25, 0.3) is 5.91 Å². The number of hydrogen-bond acceptors (Lipinski definition) is 6. The normalized spacial score (nSPS) is 14.7. The van der Waals surface area contributed by atoms with Gasteiger partial charge in [0.1, 0.15) is 11.4 Å². The molecule has 2 aromatic heterocycles. The van der Waals surface area contributed by atoms with Crippen molar-refractivity contribution in [1.82, 2.24) is 15.2 Å². The van der Waals surface area contributed by atoms with Crippen LogP contribution in [0.2, 0.25) is 0 Å². The highest BCUT2D eigenvalue weighted by molar-refractivity contribution is 6.05. The molecule has 0 bridgehead atoms. The summed E-state index contributed by atoms with van der Waals surface area (Å²) in [6.45, 7) is 4.84. The molecule has 1 fully saturated rings. The number of carbonyl (C=O) groups excluding carboxylic acids is 1. The molecule has 1 aliphatic heterocycles. The predicted molar refractivity (Wildman–Crippen MR) is 125 cm³/mol. The highest BCUT2D eigenvalue weighted by Gasteiger charge is 2.20. The van der Waals surface area contributed by atoms with Crippen molar-refractivity contribution >= 4 is 33.5 Å². The molecule has 162 valence electrons. The molecule has 7 heteroatoms. The fraction of sp³-hybridized carbons (Fsp3) is 0.240. The lowest BCUT2D eigenvalue weighted by Crippen LogP contribution is -2.48. The second-order valence-corrected chi connectivity index (χ2v) is 7.92. The Hall–Kier alpha value is -3.71. The van der Waals surface area contributed by atoms with E-state index in [4.69, 9.17) is 4.42 Å². The molecule has 1 amide bonds. The number of pyridine rings is 1. The average molecular weight is 428 g/mol. The summed E-state index contributed by atoms with van der Waals surface area (Å²) in [6, 6.07) is 18.7. The van der Waals surface area contributed by atoms with Gasteiger partial charge in [-0.15, -0.1) is 0 Å². The quantitative estimate of drug-likeness (QED) is 0.493. The summed E-state index contributed by atoms with van der Waals surface area (Å²) >= 11 is 0. The van der Waals surface area contributed by atoms with Crippen molar-refractivity contribution in [2.45, 2.75) is 0 Å². The molecule has 1 N–H and O–H groups in total. The third kappa shape index (κ3) is 4.07. The number of aromatic nitrogens is 1. The van der Waals surface area contributed by atoms with E-state index < -0.39 is 5.63 Å². The van der Waals surface area contributed by atoms with Crippen LogP contribution in [0.15, 0.2) is 76.1 Å². The van der Waals surface area contributed by atoms with Crippen LogP contribution in [0.4, 0.5) is 5.82 Å². The number of carbonyl (C=O) groups is 1. The highest BCUT2D eigenvalue weighted by Crippen LogP contribution is 2.25. The molecule has 2 aromatic carbocycles. The van der Waals surface area contributed by atoms with Gasteiger partial charge in [-0.05, 0) is 17.5 Å². The summed E-state index contributed by atoms with van der Waals surface area (Å²) in [5.74, 6) is 0.776. The first-order valence-corrected chi connectivity index (χ1v) is 10.8. The molecule has 3 heterocycles. The topological polar surface area (TPSA) is 78.7 Å². The fourth-order valence-corrected chi connectivity index (χ4v) is 4.26. The SMILES string of the molecule is O=C(NCCN1CCN(c2nccc3ccccc23)CC1)c1cc(=O)oc2ccccc12.